The lowest BCUT2D eigenvalue weighted by Gasteiger charge is -2.10. The number of benzene rings is 2. The smallest absolute Gasteiger partial charge is 0.407 e. The highest BCUT2D eigenvalue weighted by atomic mass is 16.5. The number of rotatable bonds is 8. The Morgan fingerprint density at radius 3 is 2.56 bits per heavy atom. The summed E-state index contributed by atoms with van der Waals surface area (Å²) in [5.41, 5.74) is 7.94. The lowest BCUT2D eigenvalue weighted by atomic mass is 10.1. The van der Waals surface area contributed by atoms with Crippen LogP contribution in [0.25, 0.3) is 0 Å². The van der Waals surface area contributed by atoms with Crippen molar-refractivity contribution in [1.29, 1.82) is 0 Å². The van der Waals surface area contributed by atoms with Crippen molar-refractivity contribution in [3.63, 3.8) is 0 Å². The van der Waals surface area contributed by atoms with Gasteiger partial charge in [0.15, 0.2) is 0 Å². The fraction of sp³-hybridized carbons (Fsp3) is 0.263. The molecule has 3 N–H and O–H groups in total. The Balaban J connectivity index is 1.67. The van der Waals surface area contributed by atoms with Gasteiger partial charge >= 0.3 is 6.09 Å². The number of hydrogen-bond donors (Lipinski definition) is 2. The quantitative estimate of drug-likeness (QED) is 0.720. The predicted octanol–water partition coefficient (Wildman–Crippen LogP) is 2.33. The maximum atomic E-state index is 11.6. The van der Waals surface area contributed by atoms with Crippen molar-refractivity contribution in [2.75, 3.05) is 13.2 Å². The van der Waals surface area contributed by atoms with Crippen LogP contribution in [0.5, 0.6) is 5.75 Å². The van der Waals surface area contributed by atoms with Gasteiger partial charge in [-0.15, -0.1) is 0 Å². The molecule has 0 aromatic heterocycles. The summed E-state index contributed by atoms with van der Waals surface area (Å²) < 4.78 is 10.7. The summed E-state index contributed by atoms with van der Waals surface area (Å²) in [4.78, 5) is 22.6. The minimum absolute atomic E-state index is 0.209. The van der Waals surface area contributed by atoms with Crippen LogP contribution in [0, 0.1) is 6.92 Å². The van der Waals surface area contributed by atoms with Crippen molar-refractivity contribution in [2.24, 2.45) is 5.73 Å². The van der Waals surface area contributed by atoms with E-state index in [0.717, 1.165) is 16.7 Å². The number of amides is 2. The average Bonchev–Trinajstić information content (AvgIpc) is 2.60. The Morgan fingerprint density at radius 2 is 1.88 bits per heavy atom. The molecule has 0 aliphatic carbocycles. The second-order valence-electron chi connectivity index (χ2n) is 5.57. The molecule has 0 fully saturated rings. The molecule has 0 unspecified atom stereocenters. The molecule has 132 valence electrons. The molecule has 6 heteroatoms. The van der Waals surface area contributed by atoms with E-state index in [4.69, 9.17) is 15.2 Å². The van der Waals surface area contributed by atoms with Crippen molar-refractivity contribution in [2.45, 2.75) is 20.0 Å². The third-order valence-electron chi connectivity index (χ3n) is 3.53. The molecule has 2 rings (SSSR count). The van der Waals surface area contributed by atoms with Crippen LogP contribution < -0.4 is 15.8 Å². The number of hydrogen-bond acceptors (Lipinski definition) is 4. The highest BCUT2D eigenvalue weighted by molar-refractivity contribution is 5.77. The molecule has 0 aliphatic heterocycles. The van der Waals surface area contributed by atoms with Crippen LogP contribution >= 0.6 is 0 Å². The second kappa shape index (κ2) is 9.32. The van der Waals surface area contributed by atoms with Crippen LogP contribution in [0.1, 0.15) is 16.7 Å². The van der Waals surface area contributed by atoms with Crippen LogP contribution in [0.15, 0.2) is 48.5 Å². The monoisotopic (exact) mass is 342 g/mol. The van der Waals surface area contributed by atoms with Crippen molar-refractivity contribution in [3.05, 3.63) is 65.2 Å². The van der Waals surface area contributed by atoms with E-state index < -0.39 is 6.09 Å². The Hall–Kier alpha value is -3.02. The number of ether oxygens (including phenoxy) is 2. The Labute approximate surface area is 146 Å². The SMILES string of the molecule is Cc1cc(OCCNC(=O)OCc2ccccc2)ccc1CC(N)=O. The topological polar surface area (TPSA) is 90.7 Å². The van der Waals surface area contributed by atoms with Crippen molar-refractivity contribution in [3.8, 4) is 5.75 Å². The molecule has 0 spiro atoms. The van der Waals surface area contributed by atoms with E-state index in [1.165, 1.54) is 0 Å². The van der Waals surface area contributed by atoms with Gasteiger partial charge in [0.05, 0.1) is 13.0 Å². The van der Waals surface area contributed by atoms with Crippen molar-refractivity contribution < 1.29 is 19.1 Å². The zero-order valence-corrected chi connectivity index (χ0v) is 14.2. The maximum Gasteiger partial charge on any atom is 0.407 e. The molecule has 0 aliphatic rings. The van der Waals surface area contributed by atoms with Crippen LogP contribution in [0.2, 0.25) is 0 Å². The van der Waals surface area contributed by atoms with E-state index in [-0.39, 0.29) is 18.9 Å². The first-order chi connectivity index (χ1) is 12.0. The standard InChI is InChI=1S/C19H22N2O4/c1-14-11-17(8-7-16(14)12-18(20)22)24-10-9-21-19(23)25-13-15-5-3-2-4-6-15/h2-8,11H,9-10,12-13H2,1H3,(H2,20,22)(H,21,23). The van der Waals surface area contributed by atoms with E-state index >= 15 is 0 Å². The molecule has 0 saturated carbocycles. The number of aryl methyl sites for hydroxylation is 1. The van der Waals surface area contributed by atoms with Gasteiger partial charge in [0.2, 0.25) is 5.91 Å². The third-order valence-corrected chi connectivity index (χ3v) is 3.53. The maximum absolute atomic E-state index is 11.6. The zero-order chi connectivity index (χ0) is 18.1. The van der Waals surface area contributed by atoms with Gasteiger partial charge in [0.1, 0.15) is 19.0 Å². The summed E-state index contributed by atoms with van der Waals surface area (Å²) in [5.74, 6) is 0.306. The first-order valence-electron chi connectivity index (χ1n) is 8.00. The first kappa shape index (κ1) is 18.3. The van der Waals surface area contributed by atoms with E-state index in [1.807, 2.05) is 49.4 Å². The number of nitrogens with two attached hydrogens (primary N) is 1. The van der Waals surface area contributed by atoms with Gasteiger partial charge < -0.3 is 20.5 Å². The highest BCUT2D eigenvalue weighted by Gasteiger charge is 2.05. The number of primary amides is 1. The molecular weight excluding hydrogens is 320 g/mol. The van der Waals surface area contributed by atoms with Gasteiger partial charge in [-0.1, -0.05) is 36.4 Å². The molecule has 0 saturated heterocycles. The summed E-state index contributed by atoms with van der Waals surface area (Å²) in [6, 6.07) is 14.9. The van der Waals surface area contributed by atoms with Gasteiger partial charge in [-0.05, 0) is 35.7 Å². The number of alkyl carbamates (subject to hydrolysis) is 1. The van der Waals surface area contributed by atoms with Crippen LogP contribution in [0.4, 0.5) is 4.79 Å². The Kier molecular flexibility index (Phi) is 6.83. The predicted molar refractivity (Wildman–Crippen MR) is 94.2 cm³/mol. The average molecular weight is 342 g/mol. The van der Waals surface area contributed by atoms with Gasteiger partial charge in [-0.25, -0.2) is 4.79 Å². The largest absolute Gasteiger partial charge is 0.492 e. The molecule has 0 radical (unpaired) electrons. The fourth-order valence-corrected chi connectivity index (χ4v) is 2.24. The molecule has 0 atom stereocenters. The van der Waals surface area contributed by atoms with Gasteiger partial charge in [0, 0.05) is 0 Å². The lowest BCUT2D eigenvalue weighted by Crippen LogP contribution is -2.28. The molecule has 6 nitrogen and oxygen atoms in total. The Bertz CT molecular complexity index is 717. The van der Waals surface area contributed by atoms with Crippen LogP contribution in [-0.4, -0.2) is 25.2 Å². The molecule has 2 aromatic rings. The highest BCUT2D eigenvalue weighted by Crippen LogP contribution is 2.17. The van der Waals surface area contributed by atoms with Crippen LogP contribution in [0.3, 0.4) is 0 Å². The molecule has 2 amide bonds. The fourth-order valence-electron chi connectivity index (χ4n) is 2.24. The normalized spacial score (nSPS) is 10.1. The van der Waals surface area contributed by atoms with Crippen molar-refractivity contribution >= 4 is 12.0 Å². The summed E-state index contributed by atoms with van der Waals surface area (Å²) in [7, 11) is 0. The van der Waals surface area contributed by atoms with E-state index in [1.54, 1.807) is 6.07 Å². The summed E-state index contributed by atoms with van der Waals surface area (Å²) in [5, 5.41) is 2.63. The molecule has 0 heterocycles. The zero-order valence-electron chi connectivity index (χ0n) is 14.2. The first-order valence-corrected chi connectivity index (χ1v) is 8.00. The molecule has 25 heavy (non-hydrogen) atoms. The van der Waals surface area contributed by atoms with Gasteiger partial charge in [0.25, 0.3) is 0 Å². The molecule has 2 aromatic carbocycles. The lowest BCUT2D eigenvalue weighted by molar-refractivity contribution is -0.117. The molecule has 0 bridgehead atoms. The number of carbonyl (C=O) groups excluding carboxylic acids is 2. The third kappa shape index (κ3) is 6.55. The minimum Gasteiger partial charge on any atom is -0.492 e. The minimum atomic E-state index is -0.486. The van der Waals surface area contributed by atoms with Crippen LogP contribution in [-0.2, 0) is 22.6 Å². The van der Waals surface area contributed by atoms with Gasteiger partial charge in [-0.2, -0.15) is 0 Å². The van der Waals surface area contributed by atoms with Crippen molar-refractivity contribution in [1.82, 2.24) is 5.32 Å². The number of carbonyl (C=O) groups is 2. The van der Waals surface area contributed by atoms with E-state index in [0.29, 0.717) is 18.9 Å². The number of nitrogens with one attached hydrogen (secondary N) is 1. The van der Waals surface area contributed by atoms with E-state index in [2.05, 4.69) is 5.32 Å². The summed E-state index contributed by atoms with van der Waals surface area (Å²) in [6.45, 7) is 2.77. The summed E-state index contributed by atoms with van der Waals surface area (Å²) in [6.07, 6.45) is -0.276. The second-order valence-corrected chi connectivity index (χ2v) is 5.57. The molecular formula is C19H22N2O4. The van der Waals surface area contributed by atoms with E-state index in [9.17, 15) is 9.59 Å². The summed E-state index contributed by atoms with van der Waals surface area (Å²) >= 11 is 0. The Morgan fingerprint density at radius 1 is 1.12 bits per heavy atom. The van der Waals surface area contributed by atoms with Gasteiger partial charge in [-0.3, -0.25) is 4.79 Å².